The normalized spacial score (nSPS) is 24.9. The van der Waals surface area contributed by atoms with E-state index in [0.29, 0.717) is 17.4 Å². The van der Waals surface area contributed by atoms with Crippen LogP contribution in [0.2, 0.25) is 0 Å². The van der Waals surface area contributed by atoms with Gasteiger partial charge in [0.15, 0.2) is 0 Å². The molecule has 17 heavy (non-hydrogen) atoms. The molecular weight excluding hydrogens is 218 g/mol. The van der Waals surface area contributed by atoms with E-state index in [1.54, 1.807) is 0 Å². The number of carbonyl (C=O) groups excluding carboxylic acids is 1. The Hall–Kier alpha value is -1.56. The SMILES string of the molecule is Nc1[nH]ncc1C(=O)N1CCN2CCCC2C1. The molecule has 1 aromatic rings. The van der Waals surface area contributed by atoms with E-state index in [0.717, 1.165) is 19.6 Å². The summed E-state index contributed by atoms with van der Waals surface area (Å²) >= 11 is 0. The smallest absolute Gasteiger partial charge is 0.259 e. The lowest BCUT2D eigenvalue weighted by molar-refractivity contribution is 0.0572. The summed E-state index contributed by atoms with van der Waals surface area (Å²) in [6.07, 6.45) is 3.96. The minimum absolute atomic E-state index is 0.00259. The van der Waals surface area contributed by atoms with Crippen LogP contribution in [0.25, 0.3) is 0 Å². The van der Waals surface area contributed by atoms with Gasteiger partial charge in [-0.1, -0.05) is 0 Å². The van der Waals surface area contributed by atoms with Crippen LogP contribution in [0.15, 0.2) is 6.20 Å². The lowest BCUT2D eigenvalue weighted by Crippen LogP contribution is -2.52. The zero-order valence-corrected chi connectivity index (χ0v) is 9.72. The number of rotatable bonds is 1. The van der Waals surface area contributed by atoms with Crippen LogP contribution in [0.3, 0.4) is 0 Å². The van der Waals surface area contributed by atoms with Crippen molar-refractivity contribution in [1.82, 2.24) is 20.0 Å². The molecule has 0 aromatic carbocycles. The fourth-order valence-electron chi connectivity index (χ4n) is 2.81. The number of hydrogen-bond acceptors (Lipinski definition) is 4. The van der Waals surface area contributed by atoms with Crippen molar-refractivity contribution in [2.45, 2.75) is 18.9 Å². The first-order chi connectivity index (χ1) is 8.25. The highest BCUT2D eigenvalue weighted by molar-refractivity contribution is 5.98. The molecule has 2 aliphatic rings. The molecule has 2 saturated heterocycles. The monoisotopic (exact) mass is 235 g/mol. The molecule has 0 radical (unpaired) electrons. The fourth-order valence-corrected chi connectivity index (χ4v) is 2.81. The van der Waals surface area contributed by atoms with Crippen LogP contribution in [-0.4, -0.2) is 58.1 Å². The number of piperazine rings is 1. The van der Waals surface area contributed by atoms with E-state index < -0.39 is 0 Å². The van der Waals surface area contributed by atoms with Gasteiger partial charge in [0.25, 0.3) is 5.91 Å². The number of aromatic nitrogens is 2. The van der Waals surface area contributed by atoms with Gasteiger partial charge in [-0.05, 0) is 19.4 Å². The summed E-state index contributed by atoms with van der Waals surface area (Å²) in [5.41, 5.74) is 6.18. The summed E-state index contributed by atoms with van der Waals surface area (Å²) in [5, 5.41) is 6.40. The van der Waals surface area contributed by atoms with Crippen LogP contribution in [0.5, 0.6) is 0 Å². The summed E-state index contributed by atoms with van der Waals surface area (Å²) in [7, 11) is 0. The molecule has 0 spiro atoms. The second-order valence-corrected chi connectivity index (χ2v) is 4.78. The van der Waals surface area contributed by atoms with Gasteiger partial charge in [0, 0.05) is 25.7 Å². The molecule has 2 aliphatic heterocycles. The van der Waals surface area contributed by atoms with Crippen LogP contribution >= 0.6 is 0 Å². The van der Waals surface area contributed by atoms with Crippen molar-refractivity contribution in [3.8, 4) is 0 Å². The Labute approximate surface area is 99.8 Å². The van der Waals surface area contributed by atoms with Crippen LogP contribution < -0.4 is 5.73 Å². The number of hydrogen-bond donors (Lipinski definition) is 2. The average Bonchev–Trinajstić information content (AvgIpc) is 2.95. The highest BCUT2D eigenvalue weighted by Gasteiger charge is 2.33. The highest BCUT2D eigenvalue weighted by Crippen LogP contribution is 2.23. The molecule has 3 N–H and O–H groups in total. The Morgan fingerprint density at radius 2 is 2.35 bits per heavy atom. The number of nitrogens with zero attached hydrogens (tertiary/aromatic N) is 3. The predicted octanol–water partition coefficient (Wildman–Crippen LogP) is -0.0879. The molecule has 2 fully saturated rings. The van der Waals surface area contributed by atoms with Crippen molar-refractivity contribution in [2.75, 3.05) is 31.9 Å². The first-order valence-electron chi connectivity index (χ1n) is 6.08. The maximum atomic E-state index is 12.2. The van der Waals surface area contributed by atoms with E-state index in [2.05, 4.69) is 15.1 Å². The number of nitrogens with two attached hydrogens (primary N) is 1. The third-order valence-electron chi connectivity index (χ3n) is 3.77. The molecule has 1 aromatic heterocycles. The molecule has 3 rings (SSSR count). The van der Waals surface area contributed by atoms with Crippen molar-refractivity contribution in [2.24, 2.45) is 0 Å². The molecular formula is C11H17N5O. The van der Waals surface area contributed by atoms with Crippen LogP contribution in [0, 0.1) is 0 Å². The maximum Gasteiger partial charge on any atom is 0.259 e. The molecule has 0 saturated carbocycles. The van der Waals surface area contributed by atoms with Gasteiger partial charge in [-0.15, -0.1) is 0 Å². The first kappa shape index (κ1) is 10.6. The number of nitrogens with one attached hydrogen (secondary N) is 1. The Kier molecular flexibility index (Phi) is 2.51. The topological polar surface area (TPSA) is 78.2 Å². The average molecular weight is 235 g/mol. The molecule has 92 valence electrons. The molecule has 1 unspecified atom stereocenters. The van der Waals surface area contributed by atoms with Gasteiger partial charge in [0.2, 0.25) is 0 Å². The van der Waals surface area contributed by atoms with Crippen molar-refractivity contribution in [1.29, 1.82) is 0 Å². The predicted molar refractivity (Wildman–Crippen MR) is 63.5 cm³/mol. The number of nitrogen functional groups attached to an aromatic ring is 1. The lowest BCUT2D eigenvalue weighted by Gasteiger charge is -2.37. The lowest BCUT2D eigenvalue weighted by atomic mass is 10.1. The van der Waals surface area contributed by atoms with Gasteiger partial charge in [0.05, 0.1) is 6.20 Å². The van der Waals surface area contributed by atoms with Gasteiger partial charge >= 0.3 is 0 Å². The summed E-state index contributed by atoms with van der Waals surface area (Å²) < 4.78 is 0. The summed E-state index contributed by atoms with van der Waals surface area (Å²) in [4.78, 5) is 16.6. The molecule has 1 amide bonds. The van der Waals surface area contributed by atoms with Crippen LogP contribution in [-0.2, 0) is 0 Å². The number of amides is 1. The van der Waals surface area contributed by atoms with Crippen LogP contribution in [0.4, 0.5) is 5.82 Å². The molecule has 1 atom stereocenters. The van der Waals surface area contributed by atoms with E-state index in [4.69, 9.17) is 5.73 Å². The second kappa shape index (κ2) is 4.03. The highest BCUT2D eigenvalue weighted by atomic mass is 16.2. The molecule has 6 heteroatoms. The number of fused-ring (bicyclic) bond motifs is 1. The zero-order valence-electron chi connectivity index (χ0n) is 9.72. The number of anilines is 1. The zero-order chi connectivity index (χ0) is 11.8. The minimum Gasteiger partial charge on any atom is -0.383 e. The minimum atomic E-state index is 0.00259. The Balaban J connectivity index is 1.73. The molecule has 6 nitrogen and oxygen atoms in total. The van der Waals surface area contributed by atoms with E-state index in [1.165, 1.54) is 25.6 Å². The number of H-pyrrole nitrogens is 1. The maximum absolute atomic E-state index is 12.2. The molecule has 3 heterocycles. The largest absolute Gasteiger partial charge is 0.383 e. The number of aromatic amines is 1. The van der Waals surface area contributed by atoms with E-state index >= 15 is 0 Å². The van der Waals surface area contributed by atoms with Gasteiger partial charge in [0.1, 0.15) is 11.4 Å². The van der Waals surface area contributed by atoms with E-state index in [9.17, 15) is 4.79 Å². The van der Waals surface area contributed by atoms with E-state index in [1.807, 2.05) is 4.90 Å². The van der Waals surface area contributed by atoms with Crippen molar-refractivity contribution in [3.05, 3.63) is 11.8 Å². The quantitative estimate of drug-likeness (QED) is 0.713. The Bertz CT molecular complexity index is 429. The van der Waals surface area contributed by atoms with E-state index in [-0.39, 0.29) is 5.91 Å². The molecule has 0 bridgehead atoms. The third-order valence-corrected chi connectivity index (χ3v) is 3.77. The van der Waals surface area contributed by atoms with Gasteiger partial charge in [-0.2, -0.15) is 5.10 Å². The summed E-state index contributed by atoms with van der Waals surface area (Å²) in [6.45, 7) is 3.78. The number of carbonyl (C=O) groups is 1. The third kappa shape index (κ3) is 1.78. The molecule has 0 aliphatic carbocycles. The fraction of sp³-hybridized carbons (Fsp3) is 0.636. The second-order valence-electron chi connectivity index (χ2n) is 4.78. The van der Waals surface area contributed by atoms with Gasteiger partial charge in [-0.3, -0.25) is 14.8 Å². The summed E-state index contributed by atoms with van der Waals surface area (Å²) in [6, 6.07) is 0.542. The Morgan fingerprint density at radius 1 is 1.47 bits per heavy atom. The first-order valence-corrected chi connectivity index (χ1v) is 6.08. The van der Waals surface area contributed by atoms with Crippen molar-refractivity contribution in [3.63, 3.8) is 0 Å². The Morgan fingerprint density at radius 3 is 3.12 bits per heavy atom. The van der Waals surface area contributed by atoms with Crippen molar-refractivity contribution >= 4 is 11.7 Å². The standard InChI is InChI=1S/C11H17N5O/c12-10-9(6-13-14-10)11(17)16-5-4-15-3-1-2-8(15)7-16/h6,8H,1-5,7H2,(H3,12,13,14). The van der Waals surface area contributed by atoms with Gasteiger partial charge in [-0.25, -0.2) is 0 Å². The van der Waals surface area contributed by atoms with Crippen LogP contribution in [0.1, 0.15) is 23.2 Å². The summed E-state index contributed by atoms with van der Waals surface area (Å²) in [5.74, 6) is 0.367. The van der Waals surface area contributed by atoms with Crippen molar-refractivity contribution < 1.29 is 4.79 Å². The van der Waals surface area contributed by atoms with Gasteiger partial charge < -0.3 is 10.6 Å².